The number of nitrogens with one attached hydrogen (secondary N) is 1. The number of hydrogen-bond acceptors (Lipinski definition) is 3. The highest BCUT2D eigenvalue weighted by Crippen LogP contribution is 2.29. The van der Waals surface area contributed by atoms with Crippen molar-refractivity contribution in [2.45, 2.75) is 26.2 Å². The monoisotopic (exact) mass is 279 g/mol. The summed E-state index contributed by atoms with van der Waals surface area (Å²) < 4.78 is 5.25. The molecule has 0 aliphatic heterocycles. The fourth-order valence-corrected chi connectivity index (χ4v) is 2.44. The molecule has 0 spiro atoms. The third kappa shape index (κ3) is 3.29. The summed E-state index contributed by atoms with van der Waals surface area (Å²) in [5.41, 5.74) is 1.62. The lowest BCUT2D eigenvalue weighted by molar-refractivity contribution is -0.119. The molecular weight excluding hydrogens is 262 g/mol. The Morgan fingerprint density at radius 1 is 1.47 bits per heavy atom. The fraction of sp³-hybridized carbons (Fsp3) is 0.400. The van der Waals surface area contributed by atoms with E-state index in [1.807, 2.05) is 6.92 Å². The molecule has 4 heteroatoms. The maximum atomic E-state index is 12.0. The quantitative estimate of drug-likeness (QED) is 0.849. The van der Waals surface area contributed by atoms with Gasteiger partial charge in [0.2, 0.25) is 0 Å². The number of methoxy groups -OCH3 is 1. The van der Waals surface area contributed by atoms with Crippen molar-refractivity contribution in [1.82, 2.24) is 0 Å². The summed E-state index contributed by atoms with van der Waals surface area (Å²) in [5.74, 6) is 1.07. The number of Topliss-reactive ketones (excluding diaryl/α,β-unsaturated/α-hetero) is 1. The molecule has 1 saturated carbocycles. The highest BCUT2D eigenvalue weighted by molar-refractivity contribution is 6.30. The SMILES string of the molecule is COc1ccc(Cl)cc1N/C=C1/CCC[C@@H](C)C1=O. The van der Waals surface area contributed by atoms with E-state index in [2.05, 4.69) is 5.32 Å². The van der Waals surface area contributed by atoms with Crippen LogP contribution in [0.25, 0.3) is 0 Å². The minimum absolute atomic E-state index is 0.128. The van der Waals surface area contributed by atoms with Crippen LogP contribution in [0.1, 0.15) is 26.2 Å². The van der Waals surface area contributed by atoms with Crippen molar-refractivity contribution >= 4 is 23.1 Å². The topological polar surface area (TPSA) is 38.3 Å². The van der Waals surface area contributed by atoms with Crippen molar-refractivity contribution in [3.63, 3.8) is 0 Å². The summed E-state index contributed by atoms with van der Waals surface area (Å²) >= 11 is 5.96. The summed E-state index contributed by atoms with van der Waals surface area (Å²) in [5, 5.41) is 3.76. The number of rotatable bonds is 3. The molecule has 1 aliphatic carbocycles. The average molecular weight is 280 g/mol. The lowest BCUT2D eigenvalue weighted by Crippen LogP contribution is -2.19. The fourth-order valence-electron chi connectivity index (χ4n) is 2.27. The molecule has 0 bridgehead atoms. The second-order valence-corrected chi connectivity index (χ2v) is 5.25. The van der Waals surface area contributed by atoms with Gasteiger partial charge in [0, 0.05) is 22.7 Å². The molecule has 0 saturated heterocycles. The van der Waals surface area contributed by atoms with E-state index < -0.39 is 0 Å². The molecule has 3 nitrogen and oxygen atoms in total. The normalized spacial score (nSPS) is 21.5. The maximum absolute atomic E-state index is 12.0. The van der Waals surface area contributed by atoms with E-state index in [9.17, 15) is 4.79 Å². The largest absolute Gasteiger partial charge is 0.495 e. The van der Waals surface area contributed by atoms with Crippen LogP contribution in [0.2, 0.25) is 5.02 Å². The van der Waals surface area contributed by atoms with Crippen LogP contribution in [0, 0.1) is 5.92 Å². The minimum Gasteiger partial charge on any atom is -0.495 e. The zero-order valence-corrected chi connectivity index (χ0v) is 12.0. The van der Waals surface area contributed by atoms with Crippen molar-refractivity contribution in [2.75, 3.05) is 12.4 Å². The van der Waals surface area contributed by atoms with E-state index in [0.717, 1.165) is 30.5 Å². The number of carbonyl (C=O) groups is 1. The van der Waals surface area contributed by atoms with Crippen LogP contribution in [-0.2, 0) is 4.79 Å². The first kappa shape index (κ1) is 13.9. The van der Waals surface area contributed by atoms with Crippen molar-refractivity contribution < 1.29 is 9.53 Å². The van der Waals surface area contributed by atoms with Crippen molar-refractivity contribution in [2.24, 2.45) is 5.92 Å². The lowest BCUT2D eigenvalue weighted by Gasteiger charge is -2.19. The number of halogens is 1. The van der Waals surface area contributed by atoms with Gasteiger partial charge < -0.3 is 10.1 Å². The lowest BCUT2D eigenvalue weighted by atomic mass is 9.86. The molecule has 1 aromatic carbocycles. The van der Waals surface area contributed by atoms with Gasteiger partial charge in [-0.25, -0.2) is 0 Å². The highest BCUT2D eigenvalue weighted by Gasteiger charge is 2.22. The van der Waals surface area contributed by atoms with Gasteiger partial charge >= 0.3 is 0 Å². The van der Waals surface area contributed by atoms with Gasteiger partial charge in [-0.1, -0.05) is 18.5 Å². The van der Waals surface area contributed by atoms with E-state index in [0.29, 0.717) is 10.8 Å². The Hall–Kier alpha value is -1.48. The maximum Gasteiger partial charge on any atom is 0.163 e. The molecule has 0 radical (unpaired) electrons. The predicted molar refractivity (Wildman–Crippen MR) is 77.7 cm³/mol. The summed E-state index contributed by atoms with van der Waals surface area (Å²) in [7, 11) is 1.61. The molecule has 0 unspecified atom stereocenters. The standard InChI is InChI=1S/C15H18ClNO2/c1-10-4-3-5-11(15(10)18)9-17-13-8-12(16)6-7-14(13)19-2/h6-10,17H,3-5H2,1-2H3/b11-9-/t10-/m1/s1. The molecule has 102 valence electrons. The molecule has 1 N–H and O–H groups in total. The van der Waals surface area contributed by atoms with Gasteiger partial charge in [0.05, 0.1) is 12.8 Å². The third-order valence-electron chi connectivity index (χ3n) is 3.41. The van der Waals surface area contributed by atoms with Crippen molar-refractivity contribution in [3.05, 3.63) is 35.0 Å². The Kier molecular flexibility index (Phi) is 4.48. The predicted octanol–water partition coefficient (Wildman–Crippen LogP) is 4.03. The number of benzene rings is 1. The van der Waals surface area contributed by atoms with Crippen LogP contribution in [-0.4, -0.2) is 12.9 Å². The molecule has 0 amide bonds. The molecule has 1 fully saturated rings. The third-order valence-corrected chi connectivity index (χ3v) is 3.65. The molecule has 0 heterocycles. The Labute approximate surface area is 118 Å². The van der Waals surface area contributed by atoms with Gasteiger partial charge in [-0.2, -0.15) is 0 Å². The number of anilines is 1. The van der Waals surface area contributed by atoms with E-state index in [1.54, 1.807) is 31.5 Å². The van der Waals surface area contributed by atoms with Crippen molar-refractivity contribution in [1.29, 1.82) is 0 Å². The van der Waals surface area contributed by atoms with Crippen LogP contribution in [0.5, 0.6) is 5.75 Å². The molecule has 2 rings (SSSR count). The Bertz CT molecular complexity index is 511. The molecule has 1 atom stereocenters. The number of allylic oxidation sites excluding steroid dienone is 1. The Balaban J connectivity index is 2.17. The summed E-state index contributed by atoms with van der Waals surface area (Å²) in [4.78, 5) is 12.0. The Morgan fingerprint density at radius 3 is 3.00 bits per heavy atom. The summed E-state index contributed by atoms with van der Waals surface area (Å²) in [6, 6.07) is 5.36. The molecule has 0 aromatic heterocycles. The van der Waals surface area contributed by atoms with E-state index in [4.69, 9.17) is 16.3 Å². The Morgan fingerprint density at radius 2 is 2.26 bits per heavy atom. The molecule has 19 heavy (non-hydrogen) atoms. The number of carbonyl (C=O) groups excluding carboxylic acids is 1. The molecule has 1 aliphatic rings. The number of ketones is 1. The van der Waals surface area contributed by atoms with Gasteiger partial charge in [0.1, 0.15) is 5.75 Å². The highest BCUT2D eigenvalue weighted by atomic mass is 35.5. The van der Waals surface area contributed by atoms with Gasteiger partial charge in [-0.15, -0.1) is 0 Å². The minimum atomic E-state index is 0.128. The van der Waals surface area contributed by atoms with Crippen molar-refractivity contribution in [3.8, 4) is 5.75 Å². The van der Waals surface area contributed by atoms with Gasteiger partial charge in [0.15, 0.2) is 5.78 Å². The van der Waals surface area contributed by atoms with Crippen LogP contribution in [0.3, 0.4) is 0 Å². The van der Waals surface area contributed by atoms with E-state index in [-0.39, 0.29) is 11.7 Å². The average Bonchev–Trinajstić information content (AvgIpc) is 2.40. The first-order chi connectivity index (χ1) is 9.11. The number of ether oxygens (including phenoxy) is 1. The molecular formula is C15H18ClNO2. The smallest absolute Gasteiger partial charge is 0.163 e. The first-order valence-corrected chi connectivity index (χ1v) is 6.83. The number of hydrogen-bond donors (Lipinski definition) is 1. The van der Waals surface area contributed by atoms with Crippen LogP contribution in [0.15, 0.2) is 30.0 Å². The zero-order valence-electron chi connectivity index (χ0n) is 11.2. The summed E-state index contributed by atoms with van der Waals surface area (Å²) in [6.45, 7) is 1.98. The van der Waals surface area contributed by atoms with Crippen LogP contribution < -0.4 is 10.1 Å². The van der Waals surface area contributed by atoms with Crippen LogP contribution in [0.4, 0.5) is 5.69 Å². The van der Waals surface area contributed by atoms with Gasteiger partial charge in [-0.05, 0) is 37.5 Å². The first-order valence-electron chi connectivity index (χ1n) is 6.45. The van der Waals surface area contributed by atoms with E-state index in [1.165, 1.54) is 0 Å². The van der Waals surface area contributed by atoms with Crippen LogP contribution >= 0.6 is 11.6 Å². The van der Waals surface area contributed by atoms with Gasteiger partial charge in [-0.3, -0.25) is 4.79 Å². The molecule has 1 aromatic rings. The van der Waals surface area contributed by atoms with Gasteiger partial charge in [0.25, 0.3) is 0 Å². The zero-order chi connectivity index (χ0) is 13.8. The second kappa shape index (κ2) is 6.11. The second-order valence-electron chi connectivity index (χ2n) is 4.82. The summed E-state index contributed by atoms with van der Waals surface area (Å²) in [6.07, 6.45) is 4.66. The van der Waals surface area contributed by atoms with E-state index >= 15 is 0 Å².